The predicted molar refractivity (Wildman–Crippen MR) is 63.5 cm³/mol. The minimum absolute atomic E-state index is 0.0487. The highest BCUT2D eigenvalue weighted by molar-refractivity contribution is 14.1. The highest BCUT2D eigenvalue weighted by Gasteiger charge is 2.08. The molecule has 0 saturated heterocycles. The maximum atomic E-state index is 10.7. The van der Waals surface area contributed by atoms with Gasteiger partial charge in [-0.05, 0) is 59.7 Å². The summed E-state index contributed by atoms with van der Waals surface area (Å²) in [5.74, 6) is -0.896. The van der Waals surface area contributed by atoms with Gasteiger partial charge in [-0.25, -0.2) is 4.79 Å². The molecule has 76 valence electrons. The van der Waals surface area contributed by atoms with E-state index in [-0.39, 0.29) is 6.04 Å². The van der Waals surface area contributed by atoms with Crippen LogP contribution in [0.25, 0.3) is 0 Å². The molecule has 0 amide bonds. The molecule has 0 aromatic heterocycles. The van der Waals surface area contributed by atoms with Gasteiger partial charge in [0.1, 0.15) is 0 Å². The third-order valence-electron chi connectivity index (χ3n) is 1.83. The van der Waals surface area contributed by atoms with E-state index >= 15 is 0 Å². The fourth-order valence-corrected chi connectivity index (χ4v) is 1.77. The van der Waals surface area contributed by atoms with Gasteiger partial charge in [-0.15, -0.1) is 0 Å². The molecular formula is C10H12INO2. The van der Waals surface area contributed by atoms with Crippen molar-refractivity contribution in [3.05, 3.63) is 32.9 Å². The number of benzene rings is 1. The normalized spacial score (nSPS) is 12.5. The molecule has 0 aliphatic rings. The minimum Gasteiger partial charge on any atom is -0.478 e. The number of aromatic carboxylic acids is 1. The van der Waals surface area contributed by atoms with Crippen molar-refractivity contribution in [2.45, 2.75) is 19.4 Å². The molecule has 0 aliphatic heterocycles. The number of carboxylic acid groups (broad SMARTS) is 1. The lowest BCUT2D eigenvalue weighted by Gasteiger charge is -2.08. The molecule has 0 spiro atoms. The Labute approximate surface area is 96.4 Å². The van der Waals surface area contributed by atoms with Gasteiger partial charge in [0.2, 0.25) is 0 Å². The van der Waals surface area contributed by atoms with Crippen LogP contribution in [-0.4, -0.2) is 17.1 Å². The molecular weight excluding hydrogens is 293 g/mol. The number of halogens is 1. The van der Waals surface area contributed by atoms with E-state index in [4.69, 9.17) is 10.8 Å². The van der Waals surface area contributed by atoms with E-state index in [1.54, 1.807) is 12.1 Å². The zero-order valence-electron chi connectivity index (χ0n) is 7.83. The van der Waals surface area contributed by atoms with Gasteiger partial charge in [-0.1, -0.05) is 0 Å². The monoisotopic (exact) mass is 305 g/mol. The lowest BCUT2D eigenvalue weighted by atomic mass is 10.1. The van der Waals surface area contributed by atoms with Crippen molar-refractivity contribution >= 4 is 28.6 Å². The Kier molecular flexibility index (Phi) is 3.88. The van der Waals surface area contributed by atoms with Crippen molar-refractivity contribution in [1.29, 1.82) is 0 Å². The average Bonchev–Trinajstić information content (AvgIpc) is 2.07. The van der Waals surface area contributed by atoms with Gasteiger partial charge in [0.25, 0.3) is 0 Å². The third-order valence-corrected chi connectivity index (χ3v) is 2.89. The molecule has 1 atom stereocenters. The molecule has 1 unspecified atom stereocenters. The number of nitrogens with two attached hydrogens (primary N) is 1. The first-order valence-corrected chi connectivity index (χ1v) is 5.36. The molecule has 1 aromatic carbocycles. The topological polar surface area (TPSA) is 63.3 Å². The number of rotatable bonds is 3. The van der Waals surface area contributed by atoms with Crippen LogP contribution in [0.2, 0.25) is 0 Å². The van der Waals surface area contributed by atoms with Crippen LogP contribution in [0.4, 0.5) is 0 Å². The Balaban J connectivity index is 3.02. The summed E-state index contributed by atoms with van der Waals surface area (Å²) in [6, 6.07) is 5.15. The fraction of sp³-hybridized carbons (Fsp3) is 0.300. The molecule has 1 rings (SSSR count). The molecule has 0 radical (unpaired) electrons. The average molecular weight is 305 g/mol. The Morgan fingerprint density at radius 1 is 1.64 bits per heavy atom. The zero-order chi connectivity index (χ0) is 10.7. The maximum Gasteiger partial charge on any atom is 0.335 e. The molecule has 0 fully saturated rings. The first kappa shape index (κ1) is 11.5. The third kappa shape index (κ3) is 2.95. The highest BCUT2D eigenvalue weighted by atomic mass is 127. The Morgan fingerprint density at radius 2 is 2.29 bits per heavy atom. The van der Waals surface area contributed by atoms with Crippen LogP contribution in [0.5, 0.6) is 0 Å². The fourth-order valence-electron chi connectivity index (χ4n) is 1.21. The molecule has 14 heavy (non-hydrogen) atoms. The van der Waals surface area contributed by atoms with Crippen LogP contribution in [0.1, 0.15) is 22.8 Å². The van der Waals surface area contributed by atoms with Crippen LogP contribution in [0, 0.1) is 3.57 Å². The van der Waals surface area contributed by atoms with Gasteiger partial charge in [0.15, 0.2) is 0 Å². The van der Waals surface area contributed by atoms with E-state index < -0.39 is 5.97 Å². The summed E-state index contributed by atoms with van der Waals surface area (Å²) in [6.45, 7) is 1.91. The minimum atomic E-state index is -0.896. The molecule has 4 heteroatoms. The van der Waals surface area contributed by atoms with E-state index in [0.29, 0.717) is 12.0 Å². The number of carboxylic acids is 1. The molecule has 0 saturated carbocycles. The molecule has 0 bridgehead atoms. The summed E-state index contributed by atoms with van der Waals surface area (Å²) in [6.07, 6.45) is 0.708. The van der Waals surface area contributed by atoms with Gasteiger partial charge in [-0.3, -0.25) is 0 Å². The van der Waals surface area contributed by atoms with E-state index in [2.05, 4.69) is 22.6 Å². The van der Waals surface area contributed by atoms with Crippen LogP contribution < -0.4 is 5.73 Å². The van der Waals surface area contributed by atoms with Crippen LogP contribution in [-0.2, 0) is 6.42 Å². The SMILES string of the molecule is CC(N)Cc1cc(C(=O)O)ccc1I. The maximum absolute atomic E-state index is 10.7. The second kappa shape index (κ2) is 4.75. The van der Waals surface area contributed by atoms with Gasteiger partial charge >= 0.3 is 5.97 Å². The Hall–Kier alpha value is -0.620. The van der Waals surface area contributed by atoms with Crippen molar-refractivity contribution in [2.75, 3.05) is 0 Å². The van der Waals surface area contributed by atoms with E-state index in [0.717, 1.165) is 9.13 Å². The largest absolute Gasteiger partial charge is 0.478 e. The van der Waals surface area contributed by atoms with E-state index in [1.165, 1.54) is 0 Å². The quantitative estimate of drug-likeness (QED) is 0.838. The first-order valence-electron chi connectivity index (χ1n) is 4.28. The summed E-state index contributed by atoms with van der Waals surface area (Å²) in [5, 5.41) is 8.80. The lowest BCUT2D eigenvalue weighted by molar-refractivity contribution is 0.0696. The summed E-state index contributed by atoms with van der Waals surface area (Å²) in [7, 11) is 0. The zero-order valence-corrected chi connectivity index (χ0v) is 9.98. The molecule has 3 nitrogen and oxygen atoms in total. The van der Waals surface area contributed by atoms with Crippen LogP contribution >= 0.6 is 22.6 Å². The van der Waals surface area contributed by atoms with Crippen molar-refractivity contribution in [2.24, 2.45) is 5.73 Å². The van der Waals surface area contributed by atoms with Gasteiger partial charge in [-0.2, -0.15) is 0 Å². The van der Waals surface area contributed by atoms with Crippen molar-refractivity contribution in [3.8, 4) is 0 Å². The van der Waals surface area contributed by atoms with Crippen molar-refractivity contribution in [3.63, 3.8) is 0 Å². The molecule has 1 aromatic rings. The Bertz CT molecular complexity index is 350. The summed E-state index contributed by atoms with van der Waals surface area (Å²) in [4.78, 5) is 10.7. The van der Waals surface area contributed by atoms with Gasteiger partial charge in [0, 0.05) is 9.61 Å². The molecule has 0 aliphatic carbocycles. The van der Waals surface area contributed by atoms with Crippen LogP contribution in [0.3, 0.4) is 0 Å². The van der Waals surface area contributed by atoms with Crippen LogP contribution in [0.15, 0.2) is 18.2 Å². The molecule has 0 heterocycles. The van der Waals surface area contributed by atoms with E-state index in [1.807, 2.05) is 13.0 Å². The summed E-state index contributed by atoms with van der Waals surface area (Å²) in [5.41, 5.74) is 6.99. The smallest absolute Gasteiger partial charge is 0.335 e. The second-order valence-electron chi connectivity index (χ2n) is 3.29. The predicted octanol–water partition coefficient (Wildman–Crippen LogP) is 1.88. The number of hydrogen-bond donors (Lipinski definition) is 2. The standard InChI is InChI=1S/C10H12INO2/c1-6(12)4-8-5-7(10(13)14)2-3-9(8)11/h2-3,5-6H,4,12H2,1H3,(H,13,14). The second-order valence-corrected chi connectivity index (χ2v) is 4.45. The van der Waals surface area contributed by atoms with Gasteiger partial charge < -0.3 is 10.8 Å². The number of hydrogen-bond acceptors (Lipinski definition) is 2. The summed E-state index contributed by atoms with van der Waals surface area (Å²) < 4.78 is 1.06. The highest BCUT2D eigenvalue weighted by Crippen LogP contribution is 2.16. The van der Waals surface area contributed by atoms with Gasteiger partial charge in [0.05, 0.1) is 5.56 Å². The Morgan fingerprint density at radius 3 is 2.79 bits per heavy atom. The van der Waals surface area contributed by atoms with Crippen molar-refractivity contribution < 1.29 is 9.90 Å². The first-order chi connectivity index (χ1) is 6.50. The number of carbonyl (C=O) groups is 1. The van der Waals surface area contributed by atoms with E-state index in [9.17, 15) is 4.79 Å². The van der Waals surface area contributed by atoms with Crippen molar-refractivity contribution in [1.82, 2.24) is 0 Å². The summed E-state index contributed by atoms with van der Waals surface area (Å²) >= 11 is 2.19. The lowest BCUT2D eigenvalue weighted by Crippen LogP contribution is -2.18. The molecule has 3 N–H and O–H groups in total.